The summed E-state index contributed by atoms with van der Waals surface area (Å²) in [5.74, 6) is 0.195. The number of nitrogens with two attached hydrogens (primary N) is 1. The maximum Gasteiger partial charge on any atom is 0.264 e. The van der Waals surface area contributed by atoms with Gasteiger partial charge in [0.2, 0.25) is 0 Å². The Morgan fingerprint density at radius 3 is 2.72 bits per heavy atom. The Morgan fingerprint density at radius 2 is 2.12 bits per heavy atom. The van der Waals surface area contributed by atoms with Crippen LogP contribution in [0.1, 0.15) is 46.0 Å². The molecule has 1 saturated carbocycles. The summed E-state index contributed by atoms with van der Waals surface area (Å²) in [5.41, 5.74) is 8.11. The number of rotatable bonds is 4. The molecule has 0 aromatic carbocycles. The van der Waals surface area contributed by atoms with Gasteiger partial charge in [0.25, 0.3) is 5.56 Å². The highest BCUT2D eigenvalue weighted by Crippen LogP contribution is 2.43. The lowest BCUT2D eigenvalue weighted by atomic mass is 9.99. The zero-order chi connectivity index (χ0) is 17.7. The second kappa shape index (κ2) is 5.60. The van der Waals surface area contributed by atoms with Crippen molar-refractivity contribution < 1.29 is 14.3 Å². The van der Waals surface area contributed by atoms with E-state index in [1.807, 2.05) is 19.1 Å². The van der Waals surface area contributed by atoms with E-state index >= 15 is 0 Å². The molecule has 128 valence electrons. The van der Waals surface area contributed by atoms with Gasteiger partial charge >= 0.3 is 0 Å². The van der Waals surface area contributed by atoms with E-state index in [-0.39, 0.29) is 11.5 Å². The third-order valence-corrected chi connectivity index (χ3v) is 4.78. The van der Waals surface area contributed by atoms with E-state index in [1.54, 1.807) is 12.3 Å². The minimum atomic E-state index is -1.44. The molecule has 3 heterocycles. The van der Waals surface area contributed by atoms with Gasteiger partial charge in [0.15, 0.2) is 0 Å². The first kappa shape index (κ1) is 15.7. The second-order valence-corrected chi connectivity index (χ2v) is 6.42. The molecule has 0 radical (unpaired) electrons. The number of hydrogen-bond acceptors (Lipinski definition) is 5. The Morgan fingerprint density at radius 1 is 1.36 bits per heavy atom. The number of aromatic nitrogens is 1. The molecule has 6 heteroatoms. The number of aromatic carboxylic acids is 1. The van der Waals surface area contributed by atoms with Crippen LogP contribution in [0.2, 0.25) is 0 Å². The molecule has 0 atom stereocenters. The lowest BCUT2D eigenvalue weighted by Crippen LogP contribution is -2.32. The standard InChI is InChI=1S/C19H18N2O4/c1-10-13(16-5-4-12(9-20)25-16)6-7-21-17(10)14(11-2-3-11)8-15(18(21)22)19(23)24/h4-8,11H,2-3,9,20H2,1H3,(H,23,24)/p-1. The average Bonchev–Trinajstić information content (AvgIpc) is 3.32. The van der Waals surface area contributed by atoms with Crippen LogP contribution in [0.3, 0.4) is 0 Å². The molecule has 1 aliphatic carbocycles. The van der Waals surface area contributed by atoms with Crippen molar-refractivity contribution in [3.8, 4) is 11.3 Å². The summed E-state index contributed by atoms with van der Waals surface area (Å²) >= 11 is 0. The first-order valence-corrected chi connectivity index (χ1v) is 8.20. The number of aryl methyl sites for hydroxylation is 1. The van der Waals surface area contributed by atoms with Gasteiger partial charge in [-0.05, 0) is 61.1 Å². The first-order valence-electron chi connectivity index (χ1n) is 8.20. The molecule has 4 rings (SSSR count). The van der Waals surface area contributed by atoms with Crippen LogP contribution in [-0.4, -0.2) is 10.4 Å². The summed E-state index contributed by atoms with van der Waals surface area (Å²) < 4.78 is 7.15. The van der Waals surface area contributed by atoms with Crippen molar-refractivity contribution in [2.24, 2.45) is 5.73 Å². The van der Waals surface area contributed by atoms with Crippen LogP contribution in [0, 0.1) is 6.92 Å². The number of carboxylic acid groups (broad SMARTS) is 1. The van der Waals surface area contributed by atoms with Crippen molar-refractivity contribution in [3.63, 3.8) is 0 Å². The van der Waals surface area contributed by atoms with Crippen molar-refractivity contribution in [1.82, 2.24) is 4.40 Å². The summed E-state index contributed by atoms with van der Waals surface area (Å²) in [6, 6.07) is 6.92. The third-order valence-electron chi connectivity index (χ3n) is 4.78. The topological polar surface area (TPSA) is 101 Å². The van der Waals surface area contributed by atoms with E-state index in [0.29, 0.717) is 18.1 Å². The van der Waals surface area contributed by atoms with E-state index < -0.39 is 11.5 Å². The van der Waals surface area contributed by atoms with Crippen LogP contribution in [-0.2, 0) is 6.54 Å². The van der Waals surface area contributed by atoms with Crippen LogP contribution < -0.4 is 16.4 Å². The Balaban J connectivity index is 2.03. The summed E-state index contributed by atoms with van der Waals surface area (Å²) in [6.07, 6.45) is 3.58. The number of hydrogen-bond donors (Lipinski definition) is 1. The molecule has 1 fully saturated rings. The molecule has 3 aromatic heterocycles. The molecule has 0 unspecified atom stereocenters. The molecule has 0 saturated heterocycles. The van der Waals surface area contributed by atoms with Gasteiger partial charge in [-0.1, -0.05) is 0 Å². The predicted molar refractivity (Wildman–Crippen MR) is 90.3 cm³/mol. The number of fused-ring (bicyclic) bond motifs is 1. The van der Waals surface area contributed by atoms with E-state index in [4.69, 9.17) is 10.2 Å². The van der Waals surface area contributed by atoms with Crippen LogP contribution >= 0.6 is 0 Å². The SMILES string of the molecule is Cc1c(-c2ccc(CN)o2)ccn2c(=O)c(C(=O)[O-])cc(C3CC3)c12. The predicted octanol–water partition coefficient (Wildman–Crippen LogP) is 1.57. The number of carbonyl (C=O) groups excluding carboxylic acids is 1. The van der Waals surface area contributed by atoms with Gasteiger partial charge in [0, 0.05) is 11.8 Å². The van der Waals surface area contributed by atoms with Crippen molar-refractivity contribution in [2.45, 2.75) is 32.2 Å². The molecular weight excluding hydrogens is 320 g/mol. The fraction of sp³-hybridized carbons (Fsp3) is 0.263. The Bertz CT molecular complexity index is 1060. The lowest BCUT2D eigenvalue weighted by molar-refractivity contribution is -0.255. The van der Waals surface area contributed by atoms with Gasteiger partial charge in [-0.3, -0.25) is 9.20 Å². The largest absolute Gasteiger partial charge is 0.545 e. The maximum atomic E-state index is 12.5. The highest BCUT2D eigenvalue weighted by atomic mass is 16.4. The van der Waals surface area contributed by atoms with Gasteiger partial charge in [0.1, 0.15) is 11.5 Å². The molecule has 0 aliphatic heterocycles. The van der Waals surface area contributed by atoms with Gasteiger partial charge in [-0.2, -0.15) is 0 Å². The molecule has 0 spiro atoms. The lowest BCUT2D eigenvalue weighted by Gasteiger charge is -2.15. The van der Waals surface area contributed by atoms with Crippen molar-refractivity contribution in [3.05, 3.63) is 63.3 Å². The minimum absolute atomic E-state index is 0.277. The molecular formula is C19H17N2O4-. The molecule has 25 heavy (non-hydrogen) atoms. The van der Waals surface area contributed by atoms with Crippen LogP contribution in [0.25, 0.3) is 16.8 Å². The highest BCUT2D eigenvalue weighted by Gasteiger charge is 2.28. The molecule has 6 nitrogen and oxygen atoms in total. The highest BCUT2D eigenvalue weighted by molar-refractivity contribution is 5.87. The van der Waals surface area contributed by atoms with Gasteiger partial charge in [0.05, 0.1) is 23.6 Å². The smallest absolute Gasteiger partial charge is 0.264 e. The van der Waals surface area contributed by atoms with E-state index in [1.165, 1.54) is 10.5 Å². The van der Waals surface area contributed by atoms with Crippen molar-refractivity contribution in [1.29, 1.82) is 0 Å². The molecule has 0 bridgehead atoms. The monoisotopic (exact) mass is 337 g/mol. The molecule has 0 amide bonds. The van der Waals surface area contributed by atoms with Crippen LogP contribution in [0.4, 0.5) is 0 Å². The molecule has 2 N–H and O–H groups in total. The van der Waals surface area contributed by atoms with Gasteiger partial charge in [-0.25, -0.2) is 0 Å². The Hall–Kier alpha value is -2.86. The van der Waals surface area contributed by atoms with Crippen molar-refractivity contribution >= 4 is 11.5 Å². The zero-order valence-corrected chi connectivity index (χ0v) is 13.7. The first-order chi connectivity index (χ1) is 12.0. The fourth-order valence-electron chi connectivity index (χ4n) is 3.35. The fourth-order valence-corrected chi connectivity index (χ4v) is 3.35. The third kappa shape index (κ3) is 2.46. The Kier molecular flexibility index (Phi) is 3.51. The summed E-state index contributed by atoms with van der Waals surface area (Å²) in [5, 5.41) is 11.3. The van der Waals surface area contributed by atoms with E-state index in [9.17, 15) is 14.7 Å². The van der Waals surface area contributed by atoms with E-state index in [2.05, 4.69) is 0 Å². The number of nitrogens with zero attached hydrogens (tertiary/aromatic N) is 1. The number of carbonyl (C=O) groups is 1. The van der Waals surface area contributed by atoms with Crippen LogP contribution in [0.5, 0.6) is 0 Å². The minimum Gasteiger partial charge on any atom is -0.545 e. The zero-order valence-electron chi connectivity index (χ0n) is 13.7. The quantitative estimate of drug-likeness (QED) is 0.779. The molecule has 3 aromatic rings. The maximum absolute atomic E-state index is 12.5. The number of furan rings is 1. The van der Waals surface area contributed by atoms with Gasteiger partial charge < -0.3 is 20.1 Å². The number of pyridine rings is 2. The van der Waals surface area contributed by atoms with Crippen molar-refractivity contribution in [2.75, 3.05) is 0 Å². The average molecular weight is 337 g/mol. The molecule has 1 aliphatic rings. The van der Waals surface area contributed by atoms with E-state index in [0.717, 1.165) is 35.0 Å². The van der Waals surface area contributed by atoms with Crippen LogP contribution in [0.15, 0.2) is 39.7 Å². The normalized spacial score (nSPS) is 14.2. The van der Waals surface area contributed by atoms with Gasteiger partial charge in [-0.15, -0.1) is 0 Å². The summed E-state index contributed by atoms with van der Waals surface area (Å²) in [6.45, 7) is 2.23. The summed E-state index contributed by atoms with van der Waals surface area (Å²) in [4.78, 5) is 23.8. The second-order valence-electron chi connectivity index (χ2n) is 6.42. The number of carboxylic acids is 1. The Labute approximate surface area is 143 Å². The summed E-state index contributed by atoms with van der Waals surface area (Å²) in [7, 11) is 0.